The fourth-order valence-electron chi connectivity index (χ4n) is 2.45. The summed E-state index contributed by atoms with van der Waals surface area (Å²) in [7, 11) is 0. The number of halogens is 2. The van der Waals surface area contributed by atoms with E-state index in [-0.39, 0.29) is 27.7 Å². The Labute approximate surface area is 128 Å². The molecule has 6 heteroatoms. The molecule has 1 aromatic carbocycles. The number of nitrogens with two attached hydrogens (primary N) is 1. The molecule has 1 saturated carbocycles. The summed E-state index contributed by atoms with van der Waals surface area (Å²) < 4.78 is 0. The average molecular weight is 317 g/mol. The van der Waals surface area contributed by atoms with Crippen molar-refractivity contribution in [1.29, 1.82) is 0 Å². The molecule has 1 fully saturated rings. The fourth-order valence-corrected chi connectivity index (χ4v) is 2.79. The van der Waals surface area contributed by atoms with Crippen molar-refractivity contribution in [3.8, 4) is 0 Å². The summed E-state index contributed by atoms with van der Waals surface area (Å²) >= 11 is 11.8. The lowest BCUT2D eigenvalue weighted by atomic mass is 10.1. The SMILES string of the molecule is Nc1cc(C(=O)NC2CCCCCC2O)cc(Cl)c1Cl. The van der Waals surface area contributed by atoms with Crippen LogP contribution in [0.5, 0.6) is 0 Å². The Morgan fingerprint density at radius 3 is 2.65 bits per heavy atom. The molecular formula is C14H18Cl2N2O2. The minimum absolute atomic E-state index is 0.222. The van der Waals surface area contributed by atoms with E-state index < -0.39 is 6.10 Å². The van der Waals surface area contributed by atoms with Gasteiger partial charge in [-0.2, -0.15) is 0 Å². The fraction of sp³-hybridized carbons (Fsp3) is 0.500. The number of hydrogen-bond acceptors (Lipinski definition) is 3. The number of amides is 1. The lowest BCUT2D eigenvalue weighted by molar-refractivity contribution is 0.0819. The number of hydrogen-bond donors (Lipinski definition) is 3. The molecule has 2 unspecified atom stereocenters. The molecule has 20 heavy (non-hydrogen) atoms. The largest absolute Gasteiger partial charge is 0.397 e. The second-order valence-electron chi connectivity index (χ2n) is 5.15. The molecule has 0 bridgehead atoms. The third-order valence-electron chi connectivity index (χ3n) is 3.61. The summed E-state index contributed by atoms with van der Waals surface area (Å²) in [6.45, 7) is 0. The molecule has 1 aliphatic rings. The van der Waals surface area contributed by atoms with Gasteiger partial charge >= 0.3 is 0 Å². The van der Waals surface area contributed by atoms with E-state index in [1.807, 2.05) is 0 Å². The van der Waals surface area contributed by atoms with E-state index in [4.69, 9.17) is 28.9 Å². The Bertz CT molecular complexity index is 485. The Hall–Kier alpha value is -0.970. The molecule has 110 valence electrons. The molecule has 2 rings (SSSR count). The van der Waals surface area contributed by atoms with E-state index in [9.17, 15) is 9.90 Å². The van der Waals surface area contributed by atoms with Gasteiger partial charge in [0.05, 0.1) is 27.9 Å². The molecule has 4 nitrogen and oxygen atoms in total. The molecule has 0 radical (unpaired) electrons. The summed E-state index contributed by atoms with van der Waals surface area (Å²) in [6.07, 6.45) is 4.08. The maximum Gasteiger partial charge on any atom is 0.251 e. The van der Waals surface area contributed by atoms with Crippen LogP contribution in [-0.2, 0) is 0 Å². The van der Waals surface area contributed by atoms with Gasteiger partial charge in [-0.05, 0) is 25.0 Å². The van der Waals surface area contributed by atoms with E-state index in [0.29, 0.717) is 12.0 Å². The van der Waals surface area contributed by atoms with Crippen molar-refractivity contribution in [2.24, 2.45) is 0 Å². The normalized spacial score (nSPS) is 23.1. The van der Waals surface area contributed by atoms with Gasteiger partial charge in [0.15, 0.2) is 0 Å². The number of nitrogens with one attached hydrogen (secondary N) is 1. The maximum atomic E-state index is 12.2. The van der Waals surface area contributed by atoms with Crippen LogP contribution < -0.4 is 11.1 Å². The molecular weight excluding hydrogens is 299 g/mol. The first-order valence-electron chi connectivity index (χ1n) is 6.72. The molecule has 0 heterocycles. The van der Waals surface area contributed by atoms with Crippen LogP contribution in [0.15, 0.2) is 12.1 Å². The second kappa shape index (κ2) is 6.66. The Morgan fingerprint density at radius 1 is 1.25 bits per heavy atom. The van der Waals surface area contributed by atoms with E-state index in [2.05, 4.69) is 5.32 Å². The number of aliphatic hydroxyl groups is 1. The van der Waals surface area contributed by atoms with Gasteiger partial charge in [-0.25, -0.2) is 0 Å². The number of aliphatic hydroxyl groups excluding tert-OH is 1. The zero-order valence-electron chi connectivity index (χ0n) is 11.0. The Morgan fingerprint density at radius 2 is 1.95 bits per heavy atom. The van der Waals surface area contributed by atoms with E-state index in [1.54, 1.807) is 0 Å². The standard InChI is InChI=1S/C14H18Cl2N2O2/c15-9-6-8(7-10(17)13(9)16)14(20)18-11-4-2-1-3-5-12(11)19/h6-7,11-12,19H,1-5,17H2,(H,18,20). The molecule has 0 aromatic heterocycles. The maximum absolute atomic E-state index is 12.2. The van der Waals surface area contributed by atoms with Crippen molar-refractivity contribution in [3.63, 3.8) is 0 Å². The summed E-state index contributed by atoms with van der Waals surface area (Å²) in [5.41, 5.74) is 6.32. The van der Waals surface area contributed by atoms with Crippen LogP contribution >= 0.6 is 23.2 Å². The number of carbonyl (C=O) groups is 1. The van der Waals surface area contributed by atoms with E-state index in [1.165, 1.54) is 12.1 Å². The second-order valence-corrected chi connectivity index (χ2v) is 5.93. The van der Waals surface area contributed by atoms with Crippen molar-refractivity contribution in [2.45, 2.75) is 44.2 Å². The van der Waals surface area contributed by atoms with Crippen LogP contribution in [0, 0.1) is 0 Å². The molecule has 1 aromatic rings. The van der Waals surface area contributed by atoms with Gasteiger partial charge in [0, 0.05) is 5.56 Å². The first-order chi connectivity index (χ1) is 9.49. The highest BCUT2D eigenvalue weighted by atomic mass is 35.5. The molecule has 1 aliphatic carbocycles. The summed E-state index contributed by atoms with van der Waals surface area (Å²) in [6, 6.07) is 2.76. The van der Waals surface area contributed by atoms with E-state index >= 15 is 0 Å². The molecule has 1 amide bonds. The topological polar surface area (TPSA) is 75.4 Å². The molecule has 0 aliphatic heterocycles. The highest BCUT2D eigenvalue weighted by molar-refractivity contribution is 6.43. The quantitative estimate of drug-likeness (QED) is 0.580. The van der Waals surface area contributed by atoms with Crippen molar-refractivity contribution >= 4 is 34.8 Å². The predicted molar refractivity (Wildman–Crippen MR) is 81.2 cm³/mol. The van der Waals surface area contributed by atoms with Gasteiger partial charge in [0.25, 0.3) is 5.91 Å². The third kappa shape index (κ3) is 3.57. The monoisotopic (exact) mass is 316 g/mol. The van der Waals surface area contributed by atoms with Crippen LogP contribution in [0.4, 0.5) is 5.69 Å². The van der Waals surface area contributed by atoms with Gasteiger partial charge in [-0.15, -0.1) is 0 Å². The first-order valence-corrected chi connectivity index (χ1v) is 7.48. The number of anilines is 1. The number of rotatable bonds is 2. The number of carbonyl (C=O) groups excluding carboxylic acids is 1. The van der Waals surface area contributed by atoms with Gasteiger partial charge in [-0.3, -0.25) is 4.79 Å². The number of benzene rings is 1. The van der Waals surface area contributed by atoms with Gasteiger partial charge in [-0.1, -0.05) is 42.5 Å². The Kier molecular flexibility index (Phi) is 5.13. The summed E-state index contributed by atoms with van der Waals surface area (Å²) in [5, 5.41) is 13.4. The highest BCUT2D eigenvalue weighted by Gasteiger charge is 2.24. The molecule has 4 N–H and O–H groups in total. The van der Waals surface area contributed by atoms with Gasteiger partial charge in [0.1, 0.15) is 0 Å². The smallest absolute Gasteiger partial charge is 0.251 e. The predicted octanol–water partition coefficient (Wildman–Crippen LogP) is 3.00. The average Bonchev–Trinajstić information content (AvgIpc) is 2.61. The van der Waals surface area contributed by atoms with Gasteiger partial charge in [0.2, 0.25) is 0 Å². The van der Waals surface area contributed by atoms with Crippen LogP contribution in [0.3, 0.4) is 0 Å². The molecule has 0 saturated heterocycles. The zero-order valence-corrected chi connectivity index (χ0v) is 12.5. The minimum atomic E-state index is -0.499. The highest BCUT2D eigenvalue weighted by Crippen LogP contribution is 2.29. The molecule has 2 atom stereocenters. The van der Waals surface area contributed by atoms with Crippen molar-refractivity contribution < 1.29 is 9.90 Å². The van der Waals surface area contributed by atoms with Crippen molar-refractivity contribution in [1.82, 2.24) is 5.32 Å². The van der Waals surface area contributed by atoms with E-state index in [0.717, 1.165) is 25.7 Å². The minimum Gasteiger partial charge on any atom is -0.397 e. The van der Waals surface area contributed by atoms with Crippen molar-refractivity contribution in [2.75, 3.05) is 5.73 Å². The van der Waals surface area contributed by atoms with Crippen LogP contribution in [0.1, 0.15) is 42.5 Å². The lowest BCUT2D eigenvalue weighted by Crippen LogP contribution is -2.42. The Balaban J connectivity index is 2.11. The lowest BCUT2D eigenvalue weighted by Gasteiger charge is -2.22. The zero-order chi connectivity index (χ0) is 14.7. The summed E-state index contributed by atoms with van der Waals surface area (Å²) in [4.78, 5) is 12.2. The summed E-state index contributed by atoms with van der Waals surface area (Å²) in [5.74, 6) is -0.291. The van der Waals surface area contributed by atoms with Crippen LogP contribution in [-0.4, -0.2) is 23.2 Å². The number of nitrogen functional groups attached to an aromatic ring is 1. The first kappa shape index (κ1) is 15.4. The third-order valence-corrected chi connectivity index (χ3v) is 4.43. The van der Waals surface area contributed by atoms with Crippen LogP contribution in [0.2, 0.25) is 10.0 Å². The molecule has 0 spiro atoms. The van der Waals surface area contributed by atoms with Crippen molar-refractivity contribution in [3.05, 3.63) is 27.7 Å². The van der Waals surface area contributed by atoms with Crippen LogP contribution in [0.25, 0.3) is 0 Å². The van der Waals surface area contributed by atoms with Gasteiger partial charge < -0.3 is 16.2 Å².